The maximum atomic E-state index is 14.0. The van der Waals surface area contributed by atoms with Gasteiger partial charge in [0.15, 0.2) is 0 Å². The first-order valence-corrected chi connectivity index (χ1v) is 11.4. The van der Waals surface area contributed by atoms with Crippen molar-refractivity contribution in [3.05, 3.63) is 64.8 Å². The quantitative estimate of drug-likeness (QED) is 0.672. The van der Waals surface area contributed by atoms with Crippen LogP contribution in [0.5, 0.6) is 0 Å². The summed E-state index contributed by atoms with van der Waals surface area (Å²) in [5.41, 5.74) is 1.26. The van der Waals surface area contributed by atoms with Crippen LogP contribution in [0.15, 0.2) is 36.5 Å². The van der Waals surface area contributed by atoms with Gasteiger partial charge < -0.3 is 14.6 Å². The number of fused-ring (bicyclic) bond motifs is 1. The highest BCUT2D eigenvalue weighted by Crippen LogP contribution is 2.59. The molecular weight excluding hydrogens is 447 g/mol. The molecule has 0 spiro atoms. The number of nitrogens with zero attached hydrogens (tertiary/aromatic N) is 3. The number of pyridine rings is 1. The van der Waals surface area contributed by atoms with Gasteiger partial charge >= 0.3 is 12.1 Å². The van der Waals surface area contributed by atoms with E-state index in [-0.39, 0.29) is 24.4 Å². The average Bonchev–Trinajstić information content (AvgIpc) is 3.39. The van der Waals surface area contributed by atoms with Crippen molar-refractivity contribution in [3.63, 3.8) is 0 Å². The minimum Gasteiger partial charge on any atom is -0.481 e. The van der Waals surface area contributed by atoms with E-state index in [4.69, 9.17) is 0 Å². The van der Waals surface area contributed by atoms with Crippen LogP contribution >= 0.6 is 0 Å². The van der Waals surface area contributed by atoms with Crippen LogP contribution in [0.3, 0.4) is 0 Å². The third kappa shape index (κ3) is 3.61. The second-order valence-electron chi connectivity index (χ2n) is 9.75. The Kier molecular flexibility index (Phi) is 5.15. The Bertz CT molecular complexity index is 1180. The molecule has 1 amide bonds. The van der Waals surface area contributed by atoms with E-state index in [2.05, 4.69) is 9.55 Å². The van der Waals surface area contributed by atoms with Crippen LogP contribution in [0.2, 0.25) is 0 Å². The number of rotatable bonds is 4. The van der Waals surface area contributed by atoms with Gasteiger partial charge in [0.2, 0.25) is 5.91 Å². The summed E-state index contributed by atoms with van der Waals surface area (Å²) in [6.07, 6.45) is 1.42. The van der Waals surface area contributed by atoms with Gasteiger partial charge in [0.05, 0.1) is 22.9 Å². The molecule has 180 valence electrons. The molecule has 1 N–H and O–H groups in total. The number of hydrogen-bond acceptors (Lipinski definition) is 3. The molecule has 0 aromatic carbocycles. The van der Waals surface area contributed by atoms with Crippen molar-refractivity contribution in [2.45, 2.75) is 51.9 Å². The Morgan fingerprint density at radius 3 is 2.53 bits per heavy atom. The molecular formula is C25H26F3N3O3. The summed E-state index contributed by atoms with van der Waals surface area (Å²) in [5, 5.41) is 9.60. The number of carbonyl (C=O) groups is 2. The van der Waals surface area contributed by atoms with Gasteiger partial charge in [-0.15, -0.1) is 0 Å². The zero-order valence-electron chi connectivity index (χ0n) is 19.0. The lowest BCUT2D eigenvalue weighted by Crippen LogP contribution is -2.46. The van der Waals surface area contributed by atoms with E-state index < -0.39 is 29.0 Å². The van der Waals surface area contributed by atoms with Gasteiger partial charge in [0.25, 0.3) is 0 Å². The molecule has 4 atom stereocenters. The summed E-state index contributed by atoms with van der Waals surface area (Å²) in [6, 6.07) is 5.01. The van der Waals surface area contributed by atoms with Crippen molar-refractivity contribution in [1.82, 2.24) is 14.5 Å². The molecule has 2 unspecified atom stereocenters. The maximum absolute atomic E-state index is 14.0. The van der Waals surface area contributed by atoms with Crippen LogP contribution in [0.25, 0.3) is 0 Å². The molecule has 34 heavy (non-hydrogen) atoms. The SMILES string of the molecule is Cc1ccc(C)n1[C@@H]1C=C[C@](C(=O)N2CCc3ncc(C(F)(F)F)cc3C2)(C2CC2C(=O)O)C1. The molecule has 9 heteroatoms. The zero-order valence-corrected chi connectivity index (χ0v) is 19.0. The molecule has 1 fully saturated rings. The molecule has 2 aromatic heterocycles. The first kappa shape index (κ1) is 22.7. The van der Waals surface area contributed by atoms with Gasteiger partial charge in [-0.3, -0.25) is 14.6 Å². The molecule has 1 saturated carbocycles. The van der Waals surface area contributed by atoms with E-state index in [1.165, 1.54) is 0 Å². The number of carboxylic acids is 1. The molecule has 0 radical (unpaired) electrons. The molecule has 3 aliphatic rings. The number of halogens is 3. The van der Waals surface area contributed by atoms with Gasteiger partial charge in [0, 0.05) is 42.8 Å². The monoisotopic (exact) mass is 473 g/mol. The standard InChI is InChI=1S/C25H26F3N3O3/c1-14-3-4-15(2)31(14)18-5-7-24(11-18,20-10-19(20)22(32)33)23(34)30-8-6-21-16(13-30)9-17(12-29-21)25(26,27)28/h3-5,7,9,12,18-20H,6,8,10-11,13H2,1-2H3,(H,32,33)/t18-,19?,20?,24-/m1/s1. The lowest BCUT2D eigenvalue weighted by molar-refractivity contribution is -0.143. The van der Waals surface area contributed by atoms with Crippen LogP contribution in [-0.2, 0) is 28.7 Å². The van der Waals surface area contributed by atoms with E-state index in [1.54, 1.807) is 4.90 Å². The Hall–Kier alpha value is -3.10. The summed E-state index contributed by atoms with van der Waals surface area (Å²) < 4.78 is 41.8. The summed E-state index contributed by atoms with van der Waals surface area (Å²) in [7, 11) is 0. The Morgan fingerprint density at radius 1 is 1.21 bits per heavy atom. The lowest BCUT2D eigenvalue weighted by atomic mass is 9.78. The molecule has 6 nitrogen and oxygen atoms in total. The summed E-state index contributed by atoms with van der Waals surface area (Å²) >= 11 is 0. The molecule has 0 saturated heterocycles. The fourth-order valence-corrected chi connectivity index (χ4v) is 5.82. The summed E-state index contributed by atoms with van der Waals surface area (Å²) in [4.78, 5) is 31.3. The fraction of sp³-hybridized carbons (Fsp3) is 0.480. The van der Waals surface area contributed by atoms with Gasteiger partial charge in [-0.1, -0.05) is 12.2 Å². The maximum Gasteiger partial charge on any atom is 0.417 e. The van der Waals surface area contributed by atoms with Crippen LogP contribution in [0, 0.1) is 31.1 Å². The predicted octanol–water partition coefficient (Wildman–Crippen LogP) is 4.31. The van der Waals surface area contributed by atoms with Crippen molar-refractivity contribution in [3.8, 4) is 0 Å². The Morgan fingerprint density at radius 2 is 1.91 bits per heavy atom. The third-order valence-electron chi connectivity index (χ3n) is 7.64. The topological polar surface area (TPSA) is 75.4 Å². The molecule has 5 rings (SSSR count). The van der Waals surface area contributed by atoms with E-state index >= 15 is 0 Å². The number of carboxylic acid groups (broad SMARTS) is 1. The van der Waals surface area contributed by atoms with E-state index in [0.29, 0.717) is 37.1 Å². The smallest absolute Gasteiger partial charge is 0.417 e. The number of alkyl halides is 3. The van der Waals surface area contributed by atoms with Crippen molar-refractivity contribution < 1.29 is 27.9 Å². The number of hydrogen-bond donors (Lipinski definition) is 1. The highest BCUT2D eigenvalue weighted by Gasteiger charge is 2.61. The van der Waals surface area contributed by atoms with Crippen molar-refractivity contribution in [2.24, 2.45) is 17.3 Å². The van der Waals surface area contributed by atoms with Crippen LogP contribution < -0.4 is 0 Å². The van der Waals surface area contributed by atoms with E-state index in [0.717, 1.165) is 23.7 Å². The van der Waals surface area contributed by atoms with Crippen LogP contribution in [-0.4, -0.2) is 38.0 Å². The molecule has 3 heterocycles. The molecule has 0 bridgehead atoms. The van der Waals surface area contributed by atoms with Gasteiger partial charge in [-0.05, 0) is 56.4 Å². The number of amides is 1. The second kappa shape index (κ2) is 7.71. The predicted molar refractivity (Wildman–Crippen MR) is 117 cm³/mol. The van der Waals surface area contributed by atoms with Crippen molar-refractivity contribution in [1.29, 1.82) is 0 Å². The number of aryl methyl sites for hydroxylation is 2. The number of carbonyl (C=O) groups excluding carboxylic acids is 1. The largest absolute Gasteiger partial charge is 0.481 e. The second-order valence-corrected chi connectivity index (χ2v) is 9.75. The molecule has 2 aromatic rings. The highest BCUT2D eigenvalue weighted by atomic mass is 19.4. The number of aliphatic carboxylic acids is 1. The van der Waals surface area contributed by atoms with E-state index in [9.17, 15) is 27.9 Å². The van der Waals surface area contributed by atoms with Crippen LogP contribution in [0.4, 0.5) is 13.2 Å². The minimum atomic E-state index is -4.51. The number of aromatic nitrogens is 2. The number of allylic oxidation sites excluding steroid dienone is 1. The normalized spacial score (nSPS) is 28.1. The van der Waals surface area contributed by atoms with Gasteiger partial charge in [0.1, 0.15) is 0 Å². The van der Waals surface area contributed by atoms with Crippen molar-refractivity contribution in [2.75, 3.05) is 6.54 Å². The molecule has 1 aliphatic heterocycles. The average molecular weight is 473 g/mol. The van der Waals surface area contributed by atoms with Gasteiger partial charge in [-0.25, -0.2) is 0 Å². The van der Waals surface area contributed by atoms with Gasteiger partial charge in [-0.2, -0.15) is 13.2 Å². The van der Waals surface area contributed by atoms with E-state index in [1.807, 2.05) is 38.1 Å². The zero-order chi connectivity index (χ0) is 24.4. The highest BCUT2D eigenvalue weighted by molar-refractivity contribution is 5.88. The summed E-state index contributed by atoms with van der Waals surface area (Å²) in [5.74, 6) is -2.03. The Balaban J connectivity index is 1.45. The Labute approximate surface area is 195 Å². The molecule has 2 aliphatic carbocycles. The first-order chi connectivity index (χ1) is 16.0. The minimum absolute atomic E-state index is 0.0391. The first-order valence-electron chi connectivity index (χ1n) is 11.4. The van der Waals surface area contributed by atoms with Crippen molar-refractivity contribution >= 4 is 11.9 Å². The third-order valence-corrected chi connectivity index (χ3v) is 7.64. The fourth-order valence-electron chi connectivity index (χ4n) is 5.82. The van der Waals surface area contributed by atoms with Crippen LogP contribution in [0.1, 0.15) is 47.1 Å². The lowest BCUT2D eigenvalue weighted by Gasteiger charge is -2.37. The summed E-state index contributed by atoms with van der Waals surface area (Å²) in [6.45, 7) is 4.37.